The van der Waals surface area contributed by atoms with Crippen molar-refractivity contribution in [2.45, 2.75) is 37.6 Å². The highest BCUT2D eigenvalue weighted by molar-refractivity contribution is 7.89. The Kier molecular flexibility index (Phi) is 4.64. The number of primary amides is 1. The SMILES string of the molecule is Cc1n[nH]c(C)c1S(=O)(=O)N(CC(N)=O)C1CCNCC1. The van der Waals surface area contributed by atoms with Crippen molar-refractivity contribution >= 4 is 15.9 Å². The first kappa shape index (κ1) is 15.9. The molecule has 0 aromatic carbocycles. The molecule has 1 saturated heterocycles. The predicted molar refractivity (Wildman–Crippen MR) is 77.0 cm³/mol. The van der Waals surface area contributed by atoms with Crippen LogP contribution in [0.4, 0.5) is 0 Å². The van der Waals surface area contributed by atoms with Gasteiger partial charge >= 0.3 is 0 Å². The number of nitrogens with one attached hydrogen (secondary N) is 2. The molecule has 0 radical (unpaired) electrons. The van der Waals surface area contributed by atoms with Crippen molar-refractivity contribution in [2.75, 3.05) is 19.6 Å². The number of hydrogen-bond acceptors (Lipinski definition) is 5. The quantitative estimate of drug-likeness (QED) is 0.660. The lowest BCUT2D eigenvalue weighted by Gasteiger charge is -2.32. The van der Waals surface area contributed by atoms with E-state index in [4.69, 9.17) is 5.73 Å². The van der Waals surface area contributed by atoms with E-state index in [9.17, 15) is 13.2 Å². The topological polar surface area (TPSA) is 121 Å². The van der Waals surface area contributed by atoms with Crippen molar-refractivity contribution in [3.63, 3.8) is 0 Å². The standard InChI is InChI=1S/C12H21N5O3S/c1-8-12(9(2)16-15-8)21(19,20)17(7-11(13)18)10-3-5-14-6-4-10/h10,14H,3-7H2,1-2H3,(H2,13,18)(H,15,16). The van der Waals surface area contributed by atoms with Gasteiger partial charge in [0.05, 0.1) is 17.9 Å². The van der Waals surface area contributed by atoms with Gasteiger partial charge in [-0.25, -0.2) is 8.42 Å². The monoisotopic (exact) mass is 315 g/mol. The first-order chi connectivity index (χ1) is 9.84. The summed E-state index contributed by atoms with van der Waals surface area (Å²) >= 11 is 0. The summed E-state index contributed by atoms with van der Waals surface area (Å²) < 4.78 is 27.0. The van der Waals surface area contributed by atoms with E-state index in [1.165, 1.54) is 4.31 Å². The molecule has 0 aliphatic carbocycles. The molecule has 9 heteroatoms. The molecule has 21 heavy (non-hydrogen) atoms. The summed E-state index contributed by atoms with van der Waals surface area (Å²) in [4.78, 5) is 11.5. The number of nitrogens with zero attached hydrogens (tertiary/aromatic N) is 2. The van der Waals surface area contributed by atoms with Crippen LogP contribution in [0.25, 0.3) is 0 Å². The van der Waals surface area contributed by atoms with E-state index in [1.54, 1.807) is 13.8 Å². The van der Waals surface area contributed by atoms with Gasteiger partial charge in [0, 0.05) is 6.04 Å². The fourth-order valence-electron chi connectivity index (χ4n) is 2.70. The molecular formula is C12H21N5O3S. The molecular weight excluding hydrogens is 294 g/mol. The summed E-state index contributed by atoms with van der Waals surface area (Å²) in [5.74, 6) is -0.657. The minimum atomic E-state index is -3.80. The van der Waals surface area contributed by atoms with E-state index in [0.29, 0.717) is 24.2 Å². The lowest BCUT2D eigenvalue weighted by molar-refractivity contribution is -0.118. The number of aromatic nitrogens is 2. The van der Waals surface area contributed by atoms with Gasteiger partial charge in [0.25, 0.3) is 0 Å². The van der Waals surface area contributed by atoms with Crippen LogP contribution in [0, 0.1) is 13.8 Å². The molecule has 0 unspecified atom stereocenters. The Morgan fingerprint density at radius 3 is 2.48 bits per heavy atom. The maximum Gasteiger partial charge on any atom is 0.247 e. The summed E-state index contributed by atoms with van der Waals surface area (Å²) in [5.41, 5.74) is 6.11. The van der Waals surface area contributed by atoms with Gasteiger partial charge in [0.1, 0.15) is 4.90 Å². The van der Waals surface area contributed by atoms with Crippen molar-refractivity contribution in [1.29, 1.82) is 0 Å². The molecule has 0 bridgehead atoms. The molecule has 2 rings (SSSR count). The first-order valence-electron chi connectivity index (χ1n) is 6.86. The number of carbonyl (C=O) groups excluding carboxylic acids is 1. The van der Waals surface area contributed by atoms with Crippen molar-refractivity contribution in [1.82, 2.24) is 19.8 Å². The number of nitrogens with two attached hydrogens (primary N) is 1. The predicted octanol–water partition coefficient (Wildman–Crippen LogP) is -0.745. The Bertz CT molecular complexity index is 599. The summed E-state index contributed by atoms with van der Waals surface area (Å²) in [6.45, 7) is 4.41. The van der Waals surface area contributed by atoms with Crippen molar-refractivity contribution < 1.29 is 13.2 Å². The molecule has 118 valence electrons. The van der Waals surface area contributed by atoms with Gasteiger partial charge in [-0.05, 0) is 39.8 Å². The summed E-state index contributed by atoms with van der Waals surface area (Å²) in [6.07, 6.45) is 1.31. The summed E-state index contributed by atoms with van der Waals surface area (Å²) in [7, 11) is -3.80. The Balaban J connectivity index is 2.41. The highest BCUT2D eigenvalue weighted by atomic mass is 32.2. The number of piperidine rings is 1. The lowest BCUT2D eigenvalue weighted by atomic mass is 10.1. The molecule has 1 aromatic rings. The van der Waals surface area contributed by atoms with E-state index in [0.717, 1.165) is 13.1 Å². The van der Waals surface area contributed by atoms with Gasteiger partial charge < -0.3 is 11.1 Å². The average molecular weight is 315 g/mol. The molecule has 1 amide bonds. The Morgan fingerprint density at radius 2 is 2.00 bits per heavy atom. The fraction of sp³-hybridized carbons (Fsp3) is 0.667. The van der Waals surface area contributed by atoms with Gasteiger partial charge in [0.2, 0.25) is 15.9 Å². The smallest absolute Gasteiger partial charge is 0.247 e. The van der Waals surface area contributed by atoms with E-state index in [-0.39, 0.29) is 17.5 Å². The van der Waals surface area contributed by atoms with Crippen molar-refractivity contribution in [3.05, 3.63) is 11.4 Å². The Hall–Kier alpha value is -1.45. The zero-order valence-electron chi connectivity index (χ0n) is 12.2. The van der Waals surface area contributed by atoms with Crippen LogP contribution >= 0.6 is 0 Å². The molecule has 8 nitrogen and oxygen atoms in total. The van der Waals surface area contributed by atoms with E-state index in [2.05, 4.69) is 15.5 Å². The van der Waals surface area contributed by atoms with Crippen LogP contribution in [0.1, 0.15) is 24.2 Å². The Labute approximate surface area is 124 Å². The molecule has 4 N–H and O–H groups in total. The van der Waals surface area contributed by atoms with Gasteiger partial charge in [-0.3, -0.25) is 9.89 Å². The summed E-state index contributed by atoms with van der Waals surface area (Å²) in [5, 5.41) is 9.78. The van der Waals surface area contributed by atoms with E-state index >= 15 is 0 Å². The number of rotatable bonds is 5. The van der Waals surface area contributed by atoms with Gasteiger partial charge in [0.15, 0.2) is 0 Å². The number of carbonyl (C=O) groups is 1. The number of sulfonamides is 1. The van der Waals surface area contributed by atoms with Crippen LogP contribution < -0.4 is 11.1 Å². The van der Waals surface area contributed by atoms with Gasteiger partial charge in [-0.1, -0.05) is 0 Å². The first-order valence-corrected chi connectivity index (χ1v) is 8.30. The summed E-state index contributed by atoms with van der Waals surface area (Å²) in [6, 6.07) is -0.225. The van der Waals surface area contributed by atoms with Crippen LogP contribution in [-0.2, 0) is 14.8 Å². The third-order valence-corrected chi connectivity index (χ3v) is 5.82. The van der Waals surface area contributed by atoms with Crippen molar-refractivity contribution in [2.24, 2.45) is 5.73 Å². The fourth-order valence-corrected chi connectivity index (χ4v) is 4.68. The Morgan fingerprint density at radius 1 is 1.38 bits per heavy atom. The molecule has 1 aliphatic heterocycles. The van der Waals surface area contributed by atoms with Crippen LogP contribution in [0.2, 0.25) is 0 Å². The zero-order valence-corrected chi connectivity index (χ0v) is 13.0. The average Bonchev–Trinajstić information content (AvgIpc) is 2.76. The third kappa shape index (κ3) is 3.25. The van der Waals surface area contributed by atoms with E-state index < -0.39 is 15.9 Å². The maximum atomic E-state index is 12.9. The van der Waals surface area contributed by atoms with Gasteiger partial charge in [-0.15, -0.1) is 0 Å². The van der Waals surface area contributed by atoms with Crippen LogP contribution in [0.15, 0.2) is 4.90 Å². The molecule has 2 heterocycles. The minimum absolute atomic E-state index is 0.141. The molecule has 0 saturated carbocycles. The third-order valence-electron chi connectivity index (χ3n) is 3.65. The van der Waals surface area contributed by atoms with Gasteiger partial charge in [-0.2, -0.15) is 9.40 Å². The van der Waals surface area contributed by atoms with Crippen molar-refractivity contribution in [3.8, 4) is 0 Å². The number of hydrogen-bond donors (Lipinski definition) is 3. The van der Waals surface area contributed by atoms with Crippen LogP contribution in [0.5, 0.6) is 0 Å². The van der Waals surface area contributed by atoms with Crippen LogP contribution in [-0.4, -0.2) is 54.5 Å². The molecule has 0 atom stereocenters. The molecule has 1 aliphatic rings. The second-order valence-electron chi connectivity index (χ2n) is 5.26. The van der Waals surface area contributed by atoms with E-state index in [1.807, 2.05) is 0 Å². The highest BCUT2D eigenvalue weighted by Crippen LogP contribution is 2.25. The number of aryl methyl sites for hydroxylation is 2. The minimum Gasteiger partial charge on any atom is -0.369 e. The molecule has 1 fully saturated rings. The lowest BCUT2D eigenvalue weighted by Crippen LogP contribution is -2.49. The largest absolute Gasteiger partial charge is 0.369 e. The second kappa shape index (κ2) is 6.12. The highest BCUT2D eigenvalue weighted by Gasteiger charge is 2.36. The molecule has 0 spiro atoms. The van der Waals surface area contributed by atoms with Crippen LogP contribution in [0.3, 0.4) is 0 Å². The molecule has 1 aromatic heterocycles. The second-order valence-corrected chi connectivity index (χ2v) is 7.09. The number of H-pyrrole nitrogens is 1. The zero-order chi connectivity index (χ0) is 15.6. The maximum absolute atomic E-state index is 12.9. The number of aromatic amines is 1. The normalized spacial score (nSPS) is 17.3. The number of amides is 1.